The van der Waals surface area contributed by atoms with Gasteiger partial charge in [0.05, 0.1) is 0 Å². The minimum absolute atomic E-state index is 0.0424. The molecule has 1 aliphatic rings. The fourth-order valence-electron chi connectivity index (χ4n) is 0.615. The first-order valence-corrected chi connectivity index (χ1v) is 4.46. The highest BCUT2D eigenvalue weighted by Crippen LogP contribution is 2.53. The fourth-order valence-corrected chi connectivity index (χ4v) is 2.06. The maximum Gasteiger partial charge on any atom is 0.122 e. The van der Waals surface area contributed by atoms with Gasteiger partial charge in [-0.15, -0.1) is 23.2 Å². The minimum Gasteiger partial charge on any atom is -0.772 e. The number of hydrogen-bond acceptors (Lipinski definition) is 2. The van der Waals surface area contributed by atoms with Gasteiger partial charge in [-0.2, -0.15) is 0 Å². The van der Waals surface area contributed by atoms with Gasteiger partial charge >= 0.3 is 0 Å². The van der Waals surface area contributed by atoms with Crippen molar-refractivity contribution in [1.29, 1.82) is 0 Å². The summed E-state index contributed by atoms with van der Waals surface area (Å²) in [7, 11) is 0. The molecule has 54 valence electrons. The monoisotopic (exact) mass is 187 g/mol. The van der Waals surface area contributed by atoms with Crippen LogP contribution >= 0.6 is 23.2 Å². The standard InChI is InChI=1S/C4H6Cl2O2S/c5-4(6)1-3(4)2-9(7)8/h3H,1-2H2,(H,7,8)/p-1. The molecule has 0 aromatic rings. The molecule has 9 heavy (non-hydrogen) atoms. The topological polar surface area (TPSA) is 40.1 Å². The molecule has 0 aromatic carbocycles. The maximum atomic E-state index is 10.0. The van der Waals surface area contributed by atoms with E-state index in [0.717, 1.165) is 0 Å². The van der Waals surface area contributed by atoms with E-state index in [1.54, 1.807) is 0 Å². The average molecular weight is 188 g/mol. The molecule has 1 rings (SSSR count). The minimum atomic E-state index is -2.00. The highest BCUT2D eigenvalue weighted by atomic mass is 35.5. The number of rotatable bonds is 2. The van der Waals surface area contributed by atoms with Crippen LogP contribution in [0.1, 0.15) is 6.42 Å². The molecule has 0 aromatic heterocycles. The van der Waals surface area contributed by atoms with Crippen molar-refractivity contribution in [3.05, 3.63) is 0 Å². The summed E-state index contributed by atoms with van der Waals surface area (Å²) in [5.74, 6) is 0.0478. The summed E-state index contributed by atoms with van der Waals surface area (Å²) in [4.78, 5) is 0. The third kappa shape index (κ3) is 2.08. The molecule has 0 N–H and O–H groups in total. The Hall–Kier alpha value is 0.690. The molecular weight excluding hydrogens is 183 g/mol. The summed E-state index contributed by atoms with van der Waals surface area (Å²) in [6, 6.07) is 0. The van der Waals surface area contributed by atoms with Crippen molar-refractivity contribution in [3.63, 3.8) is 0 Å². The van der Waals surface area contributed by atoms with E-state index in [4.69, 9.17) is 23.2 Å². The summed E-state index contributed by atoms with van der Waals surface area (Å²) < 4.78 is 19.3. The van der Waals surface area contributed by atoms with Gasteiger partial charge in [0.2, 0.25) is 0 Å². The van der Waals surface area contributed by atoms with Crippen LogP contribution in [0.25, 0.3) is 0 Å². The summed E-state index contributed by atoms with van der Waals surface area (Å²) in [5.41, 5.74) is 0. The van der Waals surface area contributed by atoms with Crippen molar-refractivity contribution in [2.45, 2.75) is 10.8 Å². The Labute approximate surface area is 65.8 Å². The Morgan fingerprint density at radius 2 is 2.22 bits per heavy atom. The molecule has 0 radical (unpaired) electrons. The third-order valence-corrected chi connectivity index (χ3v) is 2.89. The first-order valence-electron chi connectivity index (χ1n) is 2.46. The van der Waals surface area contributed by atoms with Gasteiger partial charge in [-0.05, 0) is 6.42 Å². The summed E-state index contributed by atoms with van der Waals surface area (Å²) >= 11 is 9.09. The van der Waals surface area contributed by atoms with E-state index in [1.165, 1.54) is 0 Å². The van der Waals surface area contributed by atoms with Crippen molar-refractivity contribution < 1.29 is 8.76 Å². The average Bonchev–Trinajstić information content (AvgIpc) is 2.10. The second-order valence-corrected chi connectivity index (χ2v) is 4.62. The van der Waals surface area contributed by atoms with Crippen molar-refractivity contribution in [3.8, 4) is 0 Å². The lowest BCUT2D eigenvalue weighted by molar-refractivity contribution is 0.533. The lowest BCUT2D eigenvalue weighted by Gasteiger charge is -2.02. The molecule has 1 saturated carbocycles. The van der Waals surface area contributed by atoms with Gasteiger partial charge in [0, 0.05) is 11.7 Å². The zero-order valence-corrected chi connectivity index (χ0v) is 6.80. The van der Waals surface area contributed by atoms with Crippen LogP contribution in [0, 0.1) is 5.92 Å². The van der Waals surface area contributed by atoms with Crippen LogP contribution in [0.5, 0.6) is 0 Å². The van der Waals surface area contributed by atoms with E-state index in [9.17, 15) is 8.76 Å². The molecule has 2 unspecified atom stereocenters. The van der Waals surface area contributed by atoms with E-state index in [0.29, 0.717) is 6.42 Å². The Morgan fingerprint density at radius 3 is 2.33 bits per heavy atom. The van der Waals surface area contributed by atoms with Gasteiger partial charge in [-0.1, -0.05) is 11.1 Å². The van der Waals surface area contributed by atoms with Gasteiger partial charge in [-0.3, -0.25) is 4.21 Å². The van der Waals surface area contributed by atoms with Gasteiger partial charge in [0.25, 0.3) is 0 Å². The van der Waals surface area contributed by atoms with Gasteiger partial charge in [-0.25, -0.2) is 0 Å². The molecule has 1 fully saturated rings. The van der Waals surface area contributed by atoms with Crippen LogP contribution in [0.15, 0.2) is 0 Å². The Morgan fingerprint density at radius 1 is 1.78 bits per heavy atom. The zero-order chi connectivity index (χ0) is 7.07. The van der Waals surface area contributed by atoms with E-state index in [2.05, 4.69) is 0 Å². The normalized spacial score (nSPS) is 33.9. The second-order valence-electron chi connectivity index (χ2n) is 2.13. The van der Waals surface area contributed by atoms with E-state index in [1.807, 2.05) is 0 Å². The van der Waals surface area contributed by atoms with E-state index < -0.39 is 15.4 Å². The first kappa shape index (κ1) is 7.79. The van der Waals surface area contributed by atoms with Crippen LogP contribution in [0.4, 0.5) is 0 Å². The van der Waals surface area contributed by atoms with Gasteiger partial charge in [0.15, 0.2) is 0 Å². The van der Waals surface area contributed by atoms with Crippen LogP contribution in [-0.2, 0) is 11.1 Å². The molecule has 0 bridgehead atoms. The van der Waals surface area contributed by atoms with E-state index >= 15 is 0 Å². The summed E-state index contributed by atoms with van der Waals surface area (Å²) in [5, 5.41) is 0. The number of hydrogen-bond donors (Lipinski definition) is 0. The second kappa shape index (κ2) is 2.38. The molecule has 0 amide bonds. The summed E-state index contributed by atoms with van der Waals surface area (Å²) in [6.45, 7) is 0. The Kier molecular flexibility index (Phi) is 2.06. The van der Waals surface area contributed by atoms with Crippen LogP contribution in [0.2, 0.25) is 0 Å². The maximum absolute atomic E-state index is 10.0. The predicted octanol–water partition coefficient (Wildman–Crippen LogP) is 1.06. The number of alkyl halides is 2. The largest absolute Gasteiger partial charge is 0.772 e. The number of halogens is 2. The first-order chi connectivity index (χ1) is 4.02. The zero-order valence-electron chi connectivity index (χ0n) is 4.47. The molecule has 5 heteroatoms. The van der Waals surface area contributed by atoms with Crippen LogP contribution in [-0.4, -0.2) is 18.8 Å². The Balaban J connectivity index is 2.28. The smallest absolute Gasteiger partial charge is 0.122 e. The molecule has 0 aliphatic heterocycles. The van der Waals surface area contributed by atoms with Crippen LogP contribution in [0.3, 0.4) is 0 Å². The molecule has 2 nitrogen and oxygen atoms in total. The highest BCUT2D eigenvalue weighted by molar-refractivity contribution is 7.79. The van der Waals surface area contributed by atoms with Gasteiger partial charge in [0.1, 0.15) is 4.33 Å². The molecular formula is C4H5Cl2O2S-. The lowest BCUT2D eigenvalue weighted by Crippen LogP contribution is -2.02. The van der Waals surface area contributed by atoms with Crippen molar-refractivity contribution in [2.75, 3.05) is 5.75 Å². The van der Waals surface area contributed by atoms with Crippen molar-refractivity contribution in [1.82, 2.24) is 0 Å². The third-order valence-electron chi connectivity index (χ3n) is 1.29. The molecule has 1 aliphatic carbocycles. The van der Waals surface area contributed by atoms with Gasteiger partial charge < -0.3 is 4.55 Å². The fraction of sp³-hybridized carbons (Fsp3) is 1.00. The lowest BCUT2D eigenvalue weighted by atomic mass is 10.5. The Bertz CT molecular complexity index is 148. The quantitative estimate of drug-likeness (QED) is 0.480. The molecule has 0 spiro atoms. The molecule has 0 saturated heterocycles. The van der Waals surface area contributed by atoms with Crippen LogP contribution < -0.4 is 0 Å². The summed E-state index contributed by atoms with van der Waals surface area (Å²) in [6.07, 6.45) is 0.601. The SMILES string of the molecule is O=S([O-])CC1CC1(Cl)Cl. The van der Waals surface area contributed by atoms with Crippen molar-refractivity contribution >= 4 is 34.3 Å². The highest BCUT2D eigenvalue weighted by Gasteiger charge is 2.51. The van der Waals surface area contributed by atoms with Crippen molar-refractivity contribution in [2.24, 2.45) is 5.92 Å². The predicted molar refractivity (Wildman–Crippen MR) is 36.3 cm³/mol. The molecule has 2 atom stereocenters. The van der Waals surface area contributed by atoms with E-state index in [-0.39, 0.29) is 11.7 Å². The molecule has 0 heterocycles.